The van der Waals surface area contributed by atoms with E-state index in [0.717, 1.165) is 12.8 Å². The standard InChI is InChI=1S/C9H10F2N2O3/c10-7(11)4-16-8-3-6(9(14)15)13(12-8)5-1-2-5/h3,5,7H,1-2,4H2,(H,14,15). The highest BCUT2D eigenvalue weighted by Gasteiger charge is 2.30. The molecule has 16 heavy (non-hydrogen) atoms. The molecule has 5 nitrogen and oxygen atoms in total. The topological polar surface area (TPSA) is 64.3 Å². The number of carboxylic acid groups (broad SMARTS) is 1. The van der Waals surface area contributed by atoms with Crippen LogP contribution in [0.3, 0.4) is 0 Å². The Kier molecular flexibility index (Phi) is 2.76. The van der Waals surface area contributed by atoms with Crippen LogP contribution in [0.25, 0.3) is 0 Å². The number of carboxylic acids is 1. The van der Waals surface area contributed by atoms with Gasteiger partial charge >= 0.3 is 5.97 Å². The summed E-state index contributed by atoms with van der Waals surface area (Å²) in [5.41, 5.74) is -0.0215. The Morgan fingerprint density at radius 2 is 2.38 bits per heavy atom. The average Bonchev–Trinajstić information content (AvgIpc) is 2.95. The first-order valence-corrected chi connectivity index (χ1v) is 4.81. The monoisotopic (exact) mass is 232 g/mol. The quantitative estimate of drug-likeness (QED) is 0.836. The van der Waals surface area contributed by atoms with Crippen LogP contribution in [0.15, 0.2) is 6.07 Å². The summed E-state index contributed by atoms with van der Waals surface area (Å²) >= 11 is 0. The molecule has 0 amide bonds. The molecule has 0 spiro atoms. The van der Waals surface area contributed by atoms with E-state index in [-0.39, 0.29) is 17.6 Å². The number of aromatic carboxylic acids is 1. The van der Waals surface area contributed by atoms with E-state index in [2.05, 4.69) is 9.84 Å². The minimum Gasteiger partial charge on any atom is -0.477 e. The highest BCUT2D eigenvalue weighted by Crippen LogP contribution is 2.36. The molecule has 2 rings (SSSR count). The molecule has 1 aromatic rings. The third-order valence-corrected chi connectivity index (χ3v) is 2.18. The highest BCUT2D eigenvalue weighted by atomic mass is 19.3. The maximum Gasteiger partial charge on any atom is 0.354 e. The van der Waals surface area contributed by atoms with Gasteiger partial charge in [0.1, 0.15) is 0 Å². The molecule has 1 fully saturated rings. The lowest BCUT2D eigenvalue weighted by Gasteiger charge is -2.01. The molecular formula is C9H10F2N2O3. The van der Waals surface area contributed by atoms with Crippen LogP contribution in [0.2, 0.25) is 0 Å². The van der Waals surface area contributed by atoms with Gasteiger partial charge in [-0.3, -0.25) is 4.68 Å². The molecule has 0 aromatic carbocycles. The molecule has 1 N–H and O–H groups in total. The SMILES string of the molecule is O=C(O)c1cc(OCC(F)F)nn1C1CC1. The third kappa shape index (κ3) is 2.29. The number of halogens is 2. The lowest BCUT2D eigenvalue weighted by Crippen LogP contribution is -2.09. The average molecular weight is 232 g/mol. The van der Waals surface area contributed by atoms with E-state index in [4.69, 9.17) is 5.11 Å². The molecule has 0 bridgehead atoms. The molecular weight excluding hydrogens is 222 g/mol. The van der Waals surface area contributed by atoms with Crippen molar-refractivity contribution in [1.82, 2.24) is 9.78 Å². The summed E-state index contributed by atoms with van der Waals surface area (Å²) in [6.45, 7) is -0.777. The number of aromatic nitrogens is 2. The second kappa shape index (κ2) is 4.07. The number of alkyl halides is 2. The van der Waals surface area contributed by atoms with Gasteiger partial charge in [-0.15, -0.1) is 5.10 Å². The van der Waals surface area contributed by atoms with E-state index >= 15 is 0 Å². The van der Waals surface area contributed by atoms with E-state index in [0.29, 0.717) is 0 Å². The second-order valence-electron chi connectivity index (χ2n) is 3.55. The first-order valence-electron chi connectivity index (χ1n) is 4.81. The third-order valence-electron chi connectivity index (χ3n) is 2.18. The van der Waals surface area contributed by atoms with Gasteiger partial charge in [-0.1, -0.05) is 0 Å². The van der Waals surface area contributed by atoms with Crippen molar-refractivity contribution in [1.29, 1.82) is 0 Å². The van der Waals surface area contributed by atoms with Gasteiger partial charge in [-0.25, -0.2) is 13.6 Å². The van der Waals surface area contributed by atoms with Crippen LogP contribution in [0.4, 0.5) is 8.78 Å². The fourth-order valence-corrected chi connectivity index (χ4v) is 1.35. The molecule has 1 heterocycles. The van der Waals surface area contributed by atoms with E-state index in [9.17, 15) is 13.6 Å². The summed E-state index contributed by atoms with van der Waals surface area (Å²) in [5.74, 6) is -1.20. The fourth-order valence-electron chi connectivity index (χ4n) is 1.35. The molecule has 88 valence electrons. The molecule has 7 heteroatoms. The minimum atomic E-state index is -2.60. The predicted molar refractivity (Wildman–Crippen MR) is 49.0 cm³/mol. The molecule has 1 aliphatic rings. The van der Waals surface area contributed by atoms with E-state index in [1.807, 2.05) is 0 Å². The zero-order valence-corrected chi connectivity index (χ0v) is 8.27. The summed E-state index contributed by atoms with van der Waals surface area (Å²) in [6, 6.07) is 1.23. The lowest BCUT2D eigenvalue weighted by atomic mass is 10.4. The predicted octanol–water partition coefficient (Wildman–Crippen LogP) is 1.56. The number of nitrogens with zero attached hydrogens (tertiary/aromatic N) is 2. The zero-order valence-electron chi connectivity index (χ0n) is 8.27. The van der Waals surface area contributed by atoms with Crippen molar-refractivity contribution in [2.45, 2.75) is 25.3 Å². The number of rotatable bonds is 5. The van der Waals surface area contributed by atoms with Crippen molar-refractivity contribution in [2.24, 2.45) is 0 Å². The number of carbonyl (C=O) groups is 1. The van der Waals surface area contributed by atoms with Crippen LogP contribution < -0.4 is 4.74 Å². The van der Waals surface area contributed by atoms with Gasteiger partial charge in [-0.05, 0) is 12.8 Å². The van der Waals surface area contributed by atoms with Crippen molar-refractivity contribution < 1.29 is 23.4 Å². The van der Waals surface area contributed by atoms with Gasteiger partial charge in [0.05, 0.1) is 6.04 Å². The maximum absolute atomic E-state index is 11.9. The summed E-state index contributed by atoms with van der Waals surface area (Å²) in [4.78, 5) is 10.8. The van der Waals surface area contributed by atoms with Crippen LogP contribution >= 0.6 is 0 Å². The molecule has 0 saturated heterocycles. The van der Waals surface area contributed by atoms with Crippen molar-refractivity contribution in [2.75, 3.05) is 6.61 Å². The minimum absolute atomic E-state index is 0.0215. The number of ether oxygens (including phenoxy) is 1. The Labute approximate surface area is 89.6 Å². The van der Waals surface area contributed by atoms with E-state index in [1.54, 1.807) is 0 Å². The zero-order chi connectivity index (χ0) is 11.7. The van der Waals surface area contributed by atoms with Crippen LogP contribution in [-0.2, 0) is 0 Å². The van der Waals surface area contributed by atoms with Gasteiger partial charge in [0.2, 0.25) is 5.88 Å². The van der Waals surface area contributed by atoms with Crippen molar-refractivity contribution in [3.05, 3.63) is 11.8 Å². The molecule has 0 aliphatic heterocycles. The van der Waals surface area contributed by atoms with Crippen LogP contribution in [0.1, 0.15) is 29.4 Å². The molecule has 1 aliphatic carbocycles. The smallest absolute Gasteiger partial charge is 0.354 e. The number of hydrogen-bond donors (Lipinski definition) is 1. The largest absolute Gasteiger partial charge is 0.477 e. The first kappa shape index (κ1) is 10.8. The Morgan fingerprint density at radius 1 is 1.69 bits per heavy atom. The van der Waals surface area contributed by atoms with E-state index < -0.39 is 19.0 Å². The molecule has 1 aromatic heterocycles. The Bertz CT molecular complexity index is 401. The summed E-state index contributed by atoms with van der Waals surface area (Å²) in [5, 5.41) is 12.7. The Morgan fingerprint density at radius 3 is 2.88 bits per heavy atom. The van der Waals surface area contributed by atoms with Gasteiger partial charge in [0.25, 0.3) is 6.43 Å². The molecule has 0 radical (unpaired) electrons. The summed E-state index contributed by atoms with van der Waals surface area (Å²) in [6.07, 6.45) is -0.883. The van der Waals surface area contributed by atoms with Gasteiger partial charge in [-0.2, -0.15) is 0 Å². The first-order chi connectivity index (χ1) is 7.58. The highest BCUT2D eigenvalue weighted by molar-refractivity contribution is 5.86. The van der Waals surface area contributed by atoms with Crippen molar-refractivity contribution in [3.8, 4) is 5.88 Å². The molecule has 1 saturated carbocycles. The molecule has 0 atom stereocenters. The van der Waals surface area contributed by atoms with Crippen LogP contribution in [0, 0.1) is 0 Å². The second-order valence-corrected chi connectivity index (χ2v) is 3.55. The molecule has 0 unspecified atom stereocenters. The summed E-state index contributed by atoms with van der Waals surface area (Å²) in [7, 11) is 0. The van der Waals surface area contributed by atoms with E-state index in [1.165, 1.54) is 10.7 Å². The Balaban J connectivity index is 2.14. The van der Waals surface area contributed by atoms with Gasteiger partial charge in [0.15, 0.2) is 12.3 Å². The van der Waals surface area contributed by atoms with Crippen LogP contribution in [0.5, 0.6) is 5.88 Å². The fraction of sp³-hybridized carbons (Fsp3) is 0.556. The summed E-state index contributed by atoms with van der Waals surface area (Å²) < 4.78 is 29.8. The number of hydrogen-bond acceptors (Lipinski definition) is 3. The maximum atomic E-state index is 11.9. The van der Waals surface area contributed by atoms with Gasteiger partial charge in [0, 0.05) is 6.07 Å². The van der Waals surface area contributed by atoms with Crippen molar-refractivity contribution in [3.63, 3.8) is 0 Å². The van der Waals surface area contributed by atoms with Crippen LogP contribution in [-0.4, -0.2) is 33.9 Å². The Hall–Kier alpha value is -1.66. The normalized spacial score (nSPS) is 15.4. The van der Waals surface area contributed by atoms with Crippen molar-refractivity contribution >= 4 is 5.97 Å². The lowest BCUT2D eigenvalue weighted by molar-refractivity contribution is 0.0683. The van der Waals surface area contributed by atoms with Gasteiger partial charge < -0.3 is 9.84 Å².